The van der Waals surface area contributed by atoms with Gasteiger partial charge in [-0.2, -0.15) is 0 Å². The number of thioether (sulfide) groups is 1. The molecule has 0 radical (unpaired) electrons. The Bertz CT molecular complexity index is 914. The molecule has 1 aliphatic rings. The molecule has 0 bridgehead atoms. The molecule has 0 aromatic heterocycles. The molecule has 2 amide bonds. The number of ether oxygens (including phenoxy) is 2. The predicted molar refractivity (Wildman–Crippen MR) is 112 cm³/mol. The highest BCUT2D eigenvalue weighted by molar-refractivity contribution is 8.18. The van der Waals surface area contributed by atoms with Gasteiger partial charge in [0.05, 0.1) is 16.5 Å². The number of imide groups is 1. The summed E-state index contributed by atoms with van der Waals surface area (Å²) < 4.78 is 11.0. The number of nitrogens with zero attached hydrogens (tertiary/aromatic N) is 1. The zero-order valence-corrected chi connectivity index (χ0v) is 16.5. The Balaban J connectivity index is 1.63. The van der Waals surface area contributed by atoms with Crippen LogP contribution < -0.4 is 9.47 Å². The van der Waals surface area contributed by atoms with Crippen molar-refractivity contribution < 1.29 is 19.1 Å². The molecule has 2 aromatic carbocycles. The van der Waals surface area contributed by atoms with Crippen LogP contribution in [0.15, 0.2) is 66.1 Å². The van der Waals surface area contributed by atoms with E-state index in [4.69, 9.17) is 21.1 Å². The van der Waals surface area contributed by atoms with Crippen LogP contribution >= 0.6 is 23.4 Å². The van der Waals surface area contributed by atoms with Gasteiger partial charge in [0.15, 0.2) is 0 Å². The molecule has 1 saturated heterocycles. The van der Waals surface area contributed by atoms with Crippen LogP contribution in [0.2, 0.25) is 5.02 Å². The first kappa shape index (κ1) is 20.0. The Hall–Kier alpha value is -2.70. The second-order valence-corrected chi connectivity index (χ2v) is 7.18. The smallest absolute Gasteiger partial charge is 0.293 e. The molecular formula is C21H18ClNO4S. The highest BCUT2D eigenvalue weighted by atomic mass is 35.5. The van der Waals surface area contributed by atoms with E-state index in [1.54, 1.807) is 30.4 Å². The van der Waals surface area contributed by atoms with Gasteiger partial charge in [0.1, 0.15) is 24.7 Å². The van der Waals surface area contributed by atoms with Crippen LogP contribution in [0.1, 0.15) is 5.56 Å². The third-order valence-electron chi connectivity index (χ3n) is 3.81. The van der Waals surface area contributed by atoms with E-state index in [1.807, 2.05) is 30.3 Å². The van der Waals surface area contributed by atoms with E-state index < -0.39 is 0 Å². The molecule has 0 unspecified atom stereocenters. The molecular weight excluding hydrogens is 398 g/mol. The number of rotatable bonds is 8. The topological polar surface area (TPSA) is 55.8 Å². The normalized spacial score (nSPS) is 15.2. The highest BCUT2D eigenvalue weighted by Gasteiger charge is 2.34. The van der Waals surface area contributed by atoms with Crippen molar-refractivity contribution in [3.05, 3.63) is 76.7 Å². The summed E-state index contributed by atoms with van der Waals surface area (Å²) in [5.41, 5.74) is 0.710. The molecule has 0 saturated carbocycles. The van der Waals surface area contributed by atoms with Gasteiger partial charge in [0.2, 0.25) is 0 Å². The van der Waals surface area contributed by atoms with E-state index in [-0.39, 0.29) is 24.3 Å². The van der Waals surface area contributed by atoms with Crippen molar-refractivity contribution in [1.82, 2.24) is 4.90 Å². The van der Waals surface area contributed by atoms with Crippen molar-refractivity contribution in [2.24, 2.45) is 0 Å². The first-order chi connectivity index (χ1) is 13.6. The van der Waals surface area contributed by atoms with Crippen molar-refractivity contribution in [2.75, 3.05) is 19.8 Å². The minimum atomic E-state index is -0.338. The van der Waals surface area contributed by atoms with Gasteiger partial charge in [-0.25, -0.2) is 0 Å². The Kier molecular flexibility index (Phi) is 6.79. The summed E-state index contributed by atoms with van der Waals surface area (Å²) in [5.74, 6) is 0.887. The largest absolute Gasteiger partial charge is 0.492 e. The molecule has 7 heteroatoms. The van der Waals surface area contributed by atoms with E-state index in [0.29, 0.717) is 33.6 Å². The lowest BCUT2D eigenvalue weighted by atomic mass is 10.2. The molecule has 1 heterocycles. The predicted octanol–water partition coefficient (Wildman–Crippen LogP) is 5.02. The third-order valence-corrected chi connectivity index (χ3v) is 5.01. The van der Waals surface area contributed by atoms with Gasteiger partial charge in [-0.1, -0.05) is 48.5 Å². The number of hydrogen-bond acceptors (Lipinski definition) is 5. The van der Waals surface area contributed by atoms with Crippen LogP contribution in [0.5, 0.6) is 11.5 Å². The molecule has 2 aromatic rings. The second-order valence-electron chi connectivity index (χ2n) is 5.78. The summed E-state index contributed by atoms with van der Waals surface area (Å²) in [7, 11) is 0. The summed E-state index contributed by atoms with van der Waals surface area (Å²) in [5, 5.41) is 0.107. The lowest BCUT2D eigenvalue weighted by Gasteiger charge is -2.13. The second kappa shape index (κ2) is 9.48. The Morgan fingerprint density at radius 1 is 1.11 bits per heavy atom. The number of halogens is 1. The maximum Gasteiger partial charge on any atom is 0.293 e. The van der Waals surface area contributed by atoms with Crippen LogP contribution in [-0.2, 0) is 4.79 Å². The van der Waals surface area contributed by atoms with E-state index in [2.05, 4.69) is 6.58 Å². The van der Waals surface area contributed by atoms with Crippen molar-refractivity contribution in [3.8, 4) is 11.5 Å². The molecule has 1 aliphatic heterocycles. The molecule has 1 fully saturated rings. The minimum absolute atomic E-state index is 0.186. The number of para-hydroxylation sites is 1. The van der Waals surface area contributed by atoms with Crippen molar-refractivity contribution in [3.63, 3.8) is 0 Å². The summed E-state index contributed by atoms with van der Waals surface area (Å²) in [6, 6.07) is 14.4. The number of benzene rings is 2. The Labute approximate surface area is 172 Å². The Morgan fingerprint density at radius 3 is 2.61 bits per heavy atom. The van der Waals surface area contributed by atoms with Crippen LogP contribution in [0, 0.1) is 0 Å². The molecule has 5 nitrogen and oxygen atoms in total. The molecule has 3 rings (SSSR count). The standard InChI is InChI=1S/C21H18ClNO4S/c1-2-11-27-18-9-8-15(13-17(18)22)14-19-20(24)23(21(25)28-19)10-12-26-16-6-4-3-5-7-16/h2-9,13-14H,1,10-12H2/b19-14-. The summed E-state index contributed by atoms with van der Waals surface area (Å²) in [4.78, 5) is 26.3. The quantitative estimate of drug-likeness (QED) is 0.447. The van der Waals surface area contributed by atoms with E-state index in [0.717, 1.165) is 11.8 Å². The molecule has 0 spiro atoms. The maximum atomic E-state index is 12.5. The van der Waals surface area contributed by atoms with Gasteiger partial charge < -0.3 is 9.47 Å². The molecule has 0 atom stereocenters. The zero-order chi connectivity index (χ0) is 19.9. The van der Waals surface area contributed by atoms with Crippen LogP contribution in [-0.4, -0.2) is 35.8 Å². The number of hydrogen-bond donors (Lipinski definition) is 0. The van der Waals surface area contributed by atoms with Crippen molar-refractivity contribution in [2.45, 2.75) is 0 Å². The molecule has 0 aliphatic carbocycles. The monoisotopic (exact) mass is 415 g/mol. The first-order valence-corrected chi connectivity index (χ1v) is 9.74. The Morgan fingerprint density at radius 2 is 1.89 bits per heavy atom. The zero-order valence-electron chi connectivity index (χ0n) is 15.0. The van der Waals surface area contributed by atoms with Gasteiger partial charge in [-0.3, -0.25) is 14.5 Å². The van der Waals surface area contributed by atoms with Gasteiger partial charge in [0, 0.05) is 0 Å². The minimum Gasteiger partial charge on any atom is -0.492 e. The lowest BCUT2D eigenvalue weighted by Crippen LogP contribution is -2.32. The van der Waals surface area contributed by atoms with Gasteiger partial charge >= 0.3 is 0 Å². The third kappa shape index (κ3) is 4.97. The number of carbonyl (C=O) groups excluding carboxylic acids is 2. The van der Waals surface area contributed by atoms with Crippen molar-refractivity contribution in [1.29, 1.82) is 0 Å². The number of carbonyl (C=O) groups is 2. The molecule has 28 heavy (non-hydrogen) atoms. The van der Waals surface area contributed by atoms with Crippen molar-refractivity contribution >= 4 is 40.6 Å². The SMILES string of the molecule is C=CCOc1ccc(/C=C2\SC(=O)N(CCOc3ccccc3)C2=O)cc1Cl. The van der Waals surface area contributed by atoms with E-state index in [9.17, 15) is 9.59 Å². The molecule has 144 valence electrons. The average molecular weight is 416 g/mol. The first-order valence-electron chi connectivity index (χ1n) is 8.55. The number of amides is 2. The van der Waals surface area contributed by atoms with Gasteiger partial charge in [0.25, 0.3) is 11.1 Å². The van der Waals surface area contributed by atoms with Crippen LogP contribution in [0.4, 0.5) is 4.79 Å². The fraction of sp³-hybridized carbons (Fsp3) is 0.143. The van der Waals surface area contributed by atoms with E-state index in [1.165, 1.54) is 4.90 Å². The fourth-order valence-corrected chi connectivity index (χ4v) is 3.60. The summed E-state index contributed by atoms with van der Waals surface area (Å²) in [6.07, 6.45) is 3.27. The lowest BCUT2D eigenvalue weighted by molar-refractivity contribution is -0.123. The fourth-order valence-electron chi connectivity index (χ4n) is 2.49. The van der Waals surface area contributed by atoms with Crippen LogP contribution in [0.3, 0.4) is 0 Å². The highest BCUT2D eigenvalue weighted by Crippen LogP contribution is 2.33. The van der Waals surface area contributed by atoms with E-state index >= 15 is 0 Å². The van der Waals surface area contributed by atoms with Gasteiger partial charge in [-0.15, -0.1) is 0 Å². The van der Waals surface area contributed by atoms with Gasteiger partial charge in [-0.05, 0) is 47.7 Å². The summed E-state index contributed by atoms with van der Waals surface area (Å²) in [6.45, 7) is 4.36. The maximum absolute atomic E-state index is 12.5. The van der Waals surface area contributed by atoms with Crippen LogP contribution in [0.25, 0.3) is 6.08 Å². The summed E-state index contributed by atoms with van der Waals surface area (Å²) >= 11 is 7.10. The molecule has 0 N–H and O–H groups in total. The average Bonchev–Trinajstić information content (AvgIpc) is 2.95.